The maximum atomic E-state index is 4.68. The lowest BCUT2D eigenvalue weighted by Crippen LogP contribution is -1.97. The van der Waals surface area contributed by atoms with Crippen LogP contribution in [0.2, 0.25) is 0 Å². The largest absolute Gasteiger partial charge is 0.339 e. The van der Waals surface area contributed by atoms with Crippen molar-refractivity contribution in [1.82, 2.24) is 14.5 Å². The molecule has 3 aromatic heterocycles. The van der Waals surface area contributed by atoms with Gasteiger partial charge < -0.3 is 4.57 Å². The Balaban J connectivity index is 2.15. The predicted molar refractivity (Wildman–Crippen MR) is 94.1 cm³/mol. The molecule has 0 radical (unpaired) electrons. The number of pyridine rings is 2. The average Bonchev–Trinajstić information content (AvgIpc) is 2.97. The number of aryl methyl sites for hydroxylation is 1. The third-order valence-corrected chi connectivity index (χ3v) is 4.15. The number of nitrogens with zero attached hydrogens (tertiary/aromatic N) is 3. The molecular weight excluding hydrogens is 282 g/mol. The highest BCUT2D eigenvalue weighted by Crippen LogP contribution is 2.39. The molecule has 0 saturated carbocycles. The van der Waals surface area contributed by atoms with Crippen molar-refractivity contribution in [2.24, 2.45) is 0 Å². The van der Waals surface area contributed by atoms with E-state index in [1.807, 2.05) is 30.7 Å². The molecule has 0 fully saturated rings. The summed E-state index contributed by atoms with van der Waals surface area (Å²) in [6, 6.07) is 18.7. The molecule has 0 bridgehead atoms. The maximum absolute atomic E-state index is 4.68. The molecule has 23 heavy (non-hydrogen) atoms. The van der Waals surface area contributed by atoms with E-state index in [0.717, 1.165) is 12.1 Å². The van der Waals surface area contributed by atoms with Crippen molar-refractivity contribution in [3.8, 4) is 22.4 Å². The molecule has 0 unspecified atom stereocenters. The van der Waals surface area contributed by atoms with Crippen molar-refractivity contribution in [2.75, 3.05) is 0 Å². The Hall–Kier alpha value is -2.94. The highest BCUT2D eigenvalue weighted by Gasteiger charge is 2.19. The summed E-state index contributed by atoms with van der Waals surface area (Å²) >= 11 is 0. The number of rotatable bonds is 3. The van der Waals surface area contributed by atoms with Crippen molar-refractivity contribution in [1.29, 1.82) is 0 Å². The predicted octanol–water partition coefficient (Wildman–Crippen LogP) is 4.79. The van der Waals surface area contributed by atoms with Gasteiger partial charge in [-0.3, -0.25) is 9.97 Å². The first-order valence-electron chi connectivity index (χ1n) is 7.83. The summed E-state index contributed by atoms with van der Waals surface area (Å²) in [4.78, 5) is 8.83. The van der Waals surface area contributed by atoms with Crippen LogP contribution >= 0.6 is 0 Å². The molecule has 0 N–H and O–H groups in total. The van der Waals surface area contributed by atoms with Crippen molar-refractivity contribution >= 4 is 11.0 Å². The summed E-state index contributed by atoms with van der Waals surface area (Å²) in [7, 11) is 0. The molecule has 0 aliphatic carbocycles. The molecular formula is C20H17N3. The molecule has 0 amide bonds. The molecule has 3 nitrogen and oxygen atoms in total. The molecule has 3 heterocycles. The van der Waals surface area contributed by atoms with Crippen molar-refractivity contribution in [3.05, 3.63) is 73.2 Å². The molecule has 0 atom stereocenters. The van der Waals surface area contributed by atoms with Crippen LogP contribution in [0.3, 0.4) is 0 Å². The summed E-state index contributed by atoms with van der Waals surface area (Å²) < 4.78 is 2.33. The van der Waals surface area contributed by atoms with E-state index in [0.29, 0.717) is 0 Å². The first-order valence-corrected chi connectivity index (χ1v) is 7.83. The van der Waals surface area contributed by atoms with Crippen LogP contribution in [0, 0.1) is 0 Å². The van der Waals surface area contributed by atoms with Gasteiger partial charge in [-0.1, -0.05) is 30.3 Å². The Bertz CT molecular complexity index is 941. The summed E-state index contributed by atoms with van der Waals surface area (Å²) in [5, 5.41) is 0. The lowest BCUT2D eigenvalue weighted by atomic mass is 10.0. The topological polar surface area (TPSA) is 30.7 Å². The molecule has 1 aromatic carbocycles. The first-order chi connectivity index (χ1) is 11.4. The van der Waals surface area contributed by atoms with Crippen molar-refractivity contribution in [2.45, 2.75) is 13.5 Å². The van der Waals surface area contributed by atoms with Crippen LogP contribution < -0.4 is 0 Å². The van der Waals surface area contributed by atoms with E-state index in [2.05, 4.69) is 63.9 Å². The van der Waals surface area contributed by atoms with Gasteiger partial charge in [0.15, 0.2) is 0 Å². The highest BCUT2D eigenvalue weighted by molar-refractivity contribution is 6.02. The van der Waals surface area contributed by atoms with E-state index in [-0.39, 0.29) is 0 Å². The second-order valence-corrected chi connectivity index (χ2v) is 5.44. The lowest BCUT2D eigenvalue weighted by Gasteiger charge is -2.10. The standard InChI is InChI=1S/C20H17N3/c1-2-23-17-9-6-12-22-19(17)18(15-7-4-3-5-8-15)20(23)16-10-13-21-14-11-16/h3-14H,2H2,1H3. The van der Waals surface area contributed by atoms with E-state index < -0.39 is 0 Å². The van der Waals surface area contributed by atoms with Gasteiger partial charge >= 0.3 is 0 Å². The van der Waals surface area contributed by atoms with Gasteiger partial charge in [0.25, 0.3) is 0 Å². The molecule has 3 heteroatoms. The van der Waals surface area contributed by atoms with Crippen molar-refractivity contribution in [3.63, 3.8) is 0 Å². The molecule has 4 rings (SSSR count). The van der Waals surface area contributed by atoms with E-state index in [1.54, 1.807) is 0 Å². The van der Waals surface area contributed by atoms with Crippen LogP contribution in [0.25, 0.3) is 33.4 Å². The minimum Gasteiger partial charge on any atom is -0.339 e. The Kier molecular flexibility index (Phi) is 3.39. The highest BCUT2D eigenvalue weighted by atomic mass is 15.0. The second kappa shape index (κ2) is 5.69. The Labute approximate surface area is 135 Å². The summed E-state index contributed by atoms with van der Waals surface area (Å²) in [5.74, 6) is 0. The Morgan fingerprint density at radius 2 is 1.61 bits per heavy atom. The molecule has 0 aliphatic rings. The van der Waals surface area contributed by atoms with Gasteiger partial charge in [-0.2, -0.15) is 0 Å². The summed E-state index contributed by atoms with van der Waals surface area (Å²) in [6.45, 7) is 3.07. The smallest absolute Gasteiger partial charge is 0.0965 e. The second-order valence-electron chi connectivity index (χ2n) is 5.44. The van der Waals surface area contributed by atoms with Gasteiger partial charge in [0.2, 0.25) is 0 Å². The lowest BCUT2D eigenvalue weighted by molar-refractivity contribution is 0.805. The van der Waals surface area contributed by atoms with Gasteiger partial charge in [0.1, 0.15) is 0 Å². The quantitative estimate of drug-likeness (QED) is 0.545. The molecule has 4 aromatic rings. The first kappa shape index (κ1) is 13.7. The zero-order chi connectivity index (χ0) is 15.6. The van der Waals surface area contributed by atoms with Gasteiger partial charge in [0.05, 0.1) is 16.7 Å². The van der Waals surface area contributed by atoms with Crippen LogP contribution in [0.4, 0.5) is 0 Å². The normalized spacial score (nSPS) is 11.0. The number of hydrogen-bond acceptors (Lipinski definition) is 2. The zero-order valence-electron chi connectivity index (χ0n) is 13.0. The minimum atomic E-state index is 0.896. The van der Waals surface area contributed by atoms with Crippen LogP contribution in [0.15, 0.2) is 73.2 Å². The zero-order valence-corrected chi connectivity index (χ0v) is 13.0. The fourth-order valence-corrected chi connectivity index (χ4v) is 3.19. The molecule has 0 spiro atoms. The van der Waals surface area contributed by atoms with Crippen LogP contribution in [0.5, 0.6) is 0 Å². The minimum absolute atomic E-state index is 0.896. The number of fused-ring (bicyclic) bond motifs is 1. The number of aromatic nitrogens is 3. The van der Waals surface area contributed by atoms with Crippen LogP contribution in [-0.4, -0.2) is 14.5 Å². The van der Waals surface area contributed by atoms with E-state index >= 15 is 0 Å². The molecule has 112 valence electrons. The number of benzene rings is 1. The summed E-state index contributed by atoms with van der Waals surface area (Å²) in [6.07, 6.45) is 5.55. The van der Waals surface area contributed by atoms with E-state index in [4.69, 9.17) is 0 Å². The van der Waals surface area contributed by atoms with Gasteiger partial charge in [-0.25, -0.2) is 0 Å². The Morgan fingerprint density at radius 3 is 2.35 bits per heavy atom. The third kappa shape index (κ3) is 2.21. The molecule has 0 aliphatic heterocycles. The fraction of sp³-hybridized carbons (Fsp3) is 0.100. The van der Waals surface area contributed by atoms with Gasteiger partial charge in [-0.15, -0.1) is 0 Å². The van der Waals surface area contributed by atoms with Crippen LogP contribution in [0.1, 0.15) is 6.92 Å². The number of hydrogen-bond donors (Lipinski definition) is 0. The van der Waals surface area contributed by atoms with Gasteiger partial charge in [-0.05, 0) is 36.8 Å². The SMILES string of the molecule is CCn1c(-c2ccncc2)c(-c2ccccc2)c2ncccc21. The average molecular weight is 299 g/mol. The molecule has 0 saturated heterocycles. The maximum Gasteiger partial charge on any atom is 0.0965 e. The van der Waals surface area contributed by atoms with E-state index in [9.17, 15) is 0 Å². The van der Waals surface area contributed by atoms with Crippen molar-refractivity contribution < 1.29 is 0 Å². The third-order valence-electron chi connectivity index (χ3n) is 4.15. The Morgan fingerprint density at radius 1 is 0.826 bits per heavy atom. The van der Waals surface area contributed by atoms with Gasteiger partial charge in [0, 0.05) is 36.3 Å². The van der Waals surface area contributed by atoms with E-state index in [1.165, 1.54) is 27.9 Å². The monoisotopic (exact) mass is 299 g/mol. The summed E-state index contributed by atoms with van der Waals surface area (Å²) in [5.41, 5.74) is 6.96. The van der Waals surface area contributed by atoms with Crippen LogP contribution in [-0.2, 0) is 6.54 Å². The fourth-order valence-electron chi connectivity index (χ4n) is 3.19.